The van der Waals surface area contributed by atoms with Crippen LogP contribution in [0.5, 0.6) is 0 Å². The number of nitrogens with two attached hydrogens (primary N) is 1. The van der Waals surface area contributed by atoms with Crippen LogP contribution in [0.1, 0.15) is 72.1 Å². The van der Waals surface area contributed by atoms with Gasteiger partial charge in [0.05, 0.1) is 6.67 Å². The van der Waals surface area contributed by atoms with E-state index < -0.39 is 57.3 Å². The van der Waals surface area contributed by atoms with Gasteiger partial charge in [-0.1, -0.05) is 25.0 Å². The number of ether oxygens (including phenoxy) is 1. The van der Waals surface area contributed by atoms with Gasteiger partial charge in [-0.2, -0.15) is 12.7 Å². The number of carbonyl (C=O) groups excluding carboxylic acids is 4. The van der Waals surface area contributed by atoms with E-state index >= 15 is 0 Å². The first-order valence-corrected chi connectivity index (χ1v) is 14.9. The lowest BCUT2D eigenvalue weighted by atomic mass is 10.0. The summed E-state index contributed by atoms with van der Waals surface area (Å²) in [6, 6.07) is -1.72. The molecule has 2 heterocycles. The molecule has 0 bridgehead atoms. The molecule has 0 aromatic carbocycles. The molecule has 0 aromatic rings. The molecule has 0 spiro atoms. The molecular formula is C25H42N6O7S. The van der Waals surface area contributed by atoms with E-state index in [1.807, 2.05) is 16.9 Å². The van der Waals surface area contributed by atoms with Crippen molar-refractivity contribution in [3.05, 3.63) is 12.2 Å². The van der Waals surface area contributed by atoms with E-state index in [1.54, 1.807) is 20.8 Å². The summed E-state index contributed by atoms with van der Waals surface area (Å²) in [6.45, 7) is 5.19. The highest BCUT2D eigenvalue weighted by Gasteiger charge is 2.61. The van der Waals surface area contributed by atoms with Crippen LogP contribution in [0.15, 0.2) is 12.2 Å². The van der Waals surface area contributed by atoms with Gasteiger partial charge in [0.2, 0.25) is 11.8 Å². The van der Waals surface area contributed by atoms with Gasteiger partial charge in [0.1, 0.15) is 23.2 Å². The Morgan fingerprint density at radius 1 is 1.21 bits per heavy atom. The molecule has 13 nitrogen and oxygen atoms in total. The Kier molecular flexibility index (Phi) is 9.65. The van der Waals surface area contributed by atoms with E-state index in [0.717, 1.165) is 17.1 Å². The predicted octanol–water partition coefficient (Wildman–Crippen LogP) is 0.475. The van der Waals surface area contributed by atoms with Gasteiger partial charge in [-0.15, -0.1) is 0 Å². The summed E-state index contributed by atoms with van der Waals surface area (Å²) < 4.78 is 33.1. The van der Waals surface area contributed by atoms with Gasteiger partial charge in [-0.3, -0.25) is 14.4 Å². The fourth-order valence-electron chi connectivity index (χ4n) is 4.93. The van der Waals surface area contributed by atoms with Crippen LogP contribution in [0.25, 0.3) is 0 Å². The van der Waals surface area contributed by atoms with E-state index in [1.165, 1.54) is 11.9 Å². The molecule has 39 heavy (non-hydrogen) atoms. The minimum absolute atomic E-state index is 0.229. The highest BCUT2D eigenvalue weighted by Crippen LogP contribution is 2.45. The molecule has 0 aromatic heterocycles. The van der Waals surface area contributed by atoms with Crippen molar-refractivity contribution in [3.63, 3.8) is 0 Å². The standard InChI is InChI=1S/C25H42N6O7S/c1-24(2,3)38-23(35)27-18-12-9-7-5-6-8-11-17-15-25(17,22(34)29-39(36,37)30(4)16-26)28-20(32)19-13-10-14-31(19)21(18)33/h8,11,17-19H,5-7,9-10,12-16,26H2,1-4H3,(H,27,35)(H,28,32)(H,29,34)/b11-8-/t17-,18+,19+,25-/m1/s1. The van der Waals surface area contributed by atoms with Gasteiger partial charge in [-0.05, 0) is 59.3 Å². The Morgan fingerprint density at radius 3 is 2.59 bits per heavy atom. The third kappa shape index (κ3) is 7.70. The molecule has 4 atom stereocenters. The fourth-order valence-corrected chi connectivity index (χ4v) is 5.70. The molecule has 2 fully saturated rings. The number of hydrogen-bond acceptors (Lipinski definition) is 8. The van der Waals surface area contributed by atoms with Crippen molar-refractivity contribution in [3.8, 4) is 0 Å². The molecule has 0 radical (unpaired) electrons. The van der Waals surface area contributed by atoms with E-state index in [9.17, 15) is 27.6 Å². The highest BCUT2D eigenvalue weighted by molar-refractivity contribution is 7.87. The van der Waals surface area contributed by atoms with Crippen LogP contribution in [-0.4, -0.2) is 84.9 Å². The normalized spacial score (nSPS) is 29.3. The number of hydrogen-bond donors (Lipinski definition) is 4. The average Bonchev–Trinajstić information content (AvgIpc) is 3.30. The van der Waals surface area contributed by atoms with Crippen molar-refractivity contribution in [1.29, 1.82) is 0 Å². The summed E-state index contributed by atoms with van der Waals surface area (Å²) in [7, 11) is -2.96. The fraction of sp³-hybridized carbons (Fsp3) is 0.760. The van der Waals surface area contributed by atoms with Gasteiger partial charge in [0.25, 0.3) is 5.91 Å². The van der Waals surface area contributed by atoms with Crippen LogP contribution in [0.4, 0.5) is 4.79 Å². The van der Waals surface area contributed by atoms with Gasteiger partial charge in [-0.25, -0.2) is 9.52 Å². The predicted molar refractivity (Wildman–Crippen MR) is 143 cm³/mol. The first-order chi connectivity index (χ1) is 18.2. The molecule has 220 valence electrons. The smallest absolute Gasteiger partial charge is 0.408 e. The van der Waals surface area contributed by atoms with Crippen LogP contribution in [-0.2, 0) is 29.3 Å². The lowest BCUT2D eigenvalue weighted by Crippen LogP contribution is -2.59. The van der Waals surface area contributed by atoms with E-state index in [2.05, 4.69) is 10.6 Å². The van der Waals surface area contributed by atoms with Crippen LogP contribution in [0.3, 0.4) is 0 Å². The number of nitrogens with zero attached hydrogens (tertiary/aromatic N) is 2. The second-order valence-corrected chi connectivity index (χ2v) is 13.2. The second-order valence-electron chi connectivity index (χ2n) is 11.4. The van der Waals surface area contributed by atoms with E-state index in [0.29, 0.717) is 38.6 Å². The summed E-state index contributed by atoms with van der Waals surface area (Å²) in [4.78, 5) is 54.3. The summed E-state index contributed by atoms with van der Waals surface area (Å²) in [5.41, 5.74) is 3.22. The number of rotatable bonds is 5. The number of amides is 4. The lowest BCUT2D eigenvalue weighted by molar-refractivity contribution is -0.141. The van der Waals surface area contributed by atoms with Gasteiger partial charge >= 0.3 is 16.3 Å². The quantitative estimate of drug-likeness (QED) is 0.272. The topological polar surface area (TPSA) is 180 Å². The average molecular weight is 571 g/mol. The van der Waals surface area contributed by atoms with Crippen molar-refractivity contribution in [2.24, 2.45) is 11.7 Å². The Labute approximate surface area is 230 Å². The number of allylic oxidation sites excluding steroid dienone is 1. The first kappa shape index (κ1) is 30.8. The maximum absolute atomic E-state index is 13.6. The van der Waals surface area contributed by atoms with Crippen LogP contribution >= 0.6 is 0 Å². The molecule has 2 aliphatic heterocycles. The van der Waals surface area contributed by atoms with E-state index in [-0.39, 0.29) is 19.0 Å². The zero-order valence-electron chi connectivity index (χ0n) is 23.2. The van der Waals surface area contributed by atoms with Crippen molar-refractivity contribution in [1.82, 2.24) is 24.6 Å². The monoisotopic (exact) mass is 570 g/mol. The summed E-state index contributed by atoms with van der Waals surface area (Å²) >= 11 is 0. The lowest BCUT2D eigenvalue weighted by Gasteiger charge is -2.30. The first-order valence-electron chi connectivity index (χ1n) is 13.5. The number of alkyl carbamates (subject to hydrolysis) is 1. The molecule has 4 amide bonds. The molecule has 3 aliphatic rings. The third-order valence-corrected chi connectivity index (χ3v) is 8.63. The van der Waals surface area contributed by atoms with Crippen molar-refractivity contribution >= 4 is 34.0 Å². The molecule has 1 aliphatic carbocycles. The van der Waals surface area contributed by atoms with E-state index in [4.69, 9.17) is 10.5 Å². The Balaban J connectivity index is 1.84. The van der Waals surface area contributed by atoms with Crippen molar-refractivity contribution in [2.45, 2.75) is 95.4 Å². The Morgan fingerprint density at radius 2 is 1.92 bits per heavy atom. The highest BCUT2D eigenvalue weighted by atomic mass is 32.2. The maximum atomic E-state index is 13.6. The van der Waals surface area contributed by atoms with Crippen LogP contribution in [0.2, 0.25) is 0 Å². The Hall–Kier alpha value is -2.71. The number of nitrogens with one attached hydrogen (secondary N) is 3. The summed E-state index contributed by atoms with van der Waals surface area (Å²) in [5, 5.41) is 5.46. The molecule has 5 N–H and O–H groups in total. The van der Waals surface area contributed by atoms with Crippen LogP contribution in [0, 0.1) is 5.92 Å². The van der Waals surface area contributed by atoms with Gasteiger partial charge in [0, 0.05) is 19.5 Å². The minimum Gasteiger partial charge on any atom is -0.444 e. The summed E-state index contributed by atoms with van der Waals surface area (Å²) in [6.07, 6.45) is 7.66. The van der Waals surface area contributed by atoms with Gasteiger partial charge < -0.3 is 26.0 Å². The van der Waals surface area contributed by atoms with Crippen LogP contribution < -0.4 is 21.1 Å². The molecule has 1 saturated carbocycles. The number of fused-ring (bicyclic) bond motifs is 2. The third-order valence-electron chi connectivity index (χ3n) is 7.21. The van der Waals surface area contributed by atoms with Gasteiger partial charge in [0.15, 0.2) is 0 Å². The largest absolute Gasteiger partial charge is 0.444 e. The zero-order chi connectivity index (χ0) is 29.0. The summed E-state index contributed by atoms with van der Waals surface area (Å²) in [5.74, 6) is -2.17. The zero-order valence-corrected chi connectivity index (χ0v) is 24.0. The minimum atomic E-state index is -4.20. The molecule has 1 saturated heterocycles. The molecule has 14 heteroatoms. The number of carbonyl (C=O) groups is 4. The van der Waals surface area contributed by atoms with Crippen molar-refractivity contribution < 1.29 is 32.3 Å². The Bertz CT molecular complexity index is 1090. The molecule has 0 unspecified atom stereocenters. The maximum Gasteiger partial charge on any atom is 0.408 e. The SMILES string of the molecule is CN(CN)S(=O)(=O)NC(=O)[C@@]12C[C@H]1/C=C\CCCCC[C@H](NC(=O)OC(C)(C)C)C(=O)N1CCC[C@H]1C(=O)N2. The second kappa shape index (κ2) is 12.2. The molecule has 3 rings (SSSR count). The molecular weight excluding hydrogens is 528 g/mol. The van der Waals surface area contributed by atoms with Crippen molar-refractivity contribution in [2.75, 3.05) is 20.3 Å².